The summed E-state index contributed by atoms with van der Waals surface area (Å²) in [5, 5.41) is 5.76. The molecule has 0 aliphatic heterocycles. The number of anilines is 1. The highest BCUT2D eigenvalue weighted by atomic mass is 16.2. The predicted octanol–water partition coefficient (Wildman–Crippen LogP) is 3.47. The third-order valence-corrected chi connectivity index (χ3v) is 4.66. The number of carbonyl (C=O) groups is 2. The van der Waals surface area contributed by atoms with Crippen LogP contribution in [0.15, 0.2) is 48.5 Å². The van der Waals surface area contributed by atoms with E-state index < -0.39 is 0 Å². The Bertz CT molecular complexity index is 925. The second kappa shape index (κ2) is 7.61. The van der Waals surface area contributed by atoms with Crippen molar-refractivity contribution in [3.05, 3.63) is 48.5 Å². The number of aromatic nitrogens is 2. The second-order valence-electron chi connectivity index (χ2n) is 6.90. The lowest BCUT2D eigenvalue weighted by molar-refractivity contribution is -0.122. The third-order valence-electron chi connectivity index (χ3n) is 4.66. The first-order valence-electron chi connectivity index (χ1n) is 9.32. The van der Waals surface area contributed by atoms with Crippen molar-refractivity contribution in [3.63, 3.8) is 0 Å². The van der Waals surface area contributed by atoms with Crippen molar-refractivity contribution < 1.29 is 9.59 Å². The molecule has 1 aliphatic carbocycles. The number of rotatable bonds is 7. The maximum Gasteiger partial charge on any atom is 0.224 e. The zero-order valence-electron chi connectivity index (χ0n) is 15.0. The van der Waals surface area contributed by atoms with Gasteiger partial charge in [0.1, 0.15) is 5.82 Å². The molecule has 2 aromatic carbocycles. The highest BCUT2D eigenvalue weighted by Crippen LogP contribution is 2.28. The summed E-state index contributed by atoms with van der Waals surface area (Å²) < 4.78 is 0. The van der Waals surface area contributed by atoms with Gasteiger partial charge < -0.3 is 15.6 Å². The van der Waals surface area contributed by atoms with E-state index in [1.165, 1.54) is 0 Å². The molecule has 1 heterocycles. The molecular weight excluding hydrogens is 340 g/mol. The van der Waals surface area contributed by atoms with Crippen LogP contribution in [0, 0.1) is 5.92 Å². The monoisotopic (exact) mass is 362 g/mol. The average Bonchev–Trinajstić information content (AvgIpc) is 3.44. The summed E-state index contributed by atoms with van der Waals surface area (Å²) in [6.07, 6.45) is 3.02. The number of para-hydroxylation sites is 2. The van der Waals surface area contributed by atoms with Crippen LogP contribution in [0.3, 0.4) is 0 Å². The van der Waals surface area contributed by atoms with Gasteiger partial charge in [0, 0.05) is 30.1 Å². The molecule has 27 heavy (non-hydrogen) atoms. The van der Waals surface area contributed by atoms with Crippen LogP contribution in [0.1, 0.15) is 25.7 Å². The van der Waals surface area contributed by atoms with E-state index in [9.17, 15) is 9.59 Å². The quantitative estimate of drug-likeness (QED) is 0.563. The standard InChI is InChI=1S/C21H22N4O2/c26-19(6-3-13-22-21(27)15-7-8-15)23-16-11-9-14(10-12-16)20-24-17-4-1-2-5-18(17)25-20/h1-2,4-5,9-12,15H,3,6-8,13H2,(H,22,27)(H,23,26)(H,24,25). The van der Waals surface area contributed by atoms with Crippen LogP contribution in [-0.2, 0) is 9.59 Å². The van der Waals surface area contributed by atoms with Gasteiger partial charge in [-0.25, -0.2) is 4.98 Å². The van der Waals surface area contributed by atoms with E-state index >= 15 is 0 Å². The van der Waals surface area contributed by atoms with Crippen LogP contribution in [0.2, 0.25) is 0 Å². The number of H-pyrrole nitrogens is 1. The van der Waals surface area contributed by atoms with Crippen LogP contribution < -0.4 is 10.6 Å². The van der Waals surface area contributed by atoms with Crippen molar-refractivity contribution in [2.24, 2.45) is 5.92 Å². The van der Waals surface area contributed by atoms with Gasteiger partial charge in [-0.05, 0) is 55.7 Å². The molecule has 1 aromatic heterocycles. The van der Waals surface area contributed by atoms with Crippen LogP contribution in [0.5, 0.6) is 0 Å². The minimum absolute atomic E-state index is 0.0489. The minimum atomic E-state index is -0.0489. The summed E-state index contributed by atoms with van der Waals surface area (Å²) in [6.45, 7) is 0.549. The number of carbonyl (C=O) groups excluding carboxylic acids is 2. The number of benzene rings is 2. The van der Waals surface area contributed by atoms with Crippen molar-refractivity contribution in [2.75, 3.05) is 11.9 Å². The fourth-order valence-corrected chi connectivity index (χ4v) is 2.97. The van der Waals surface area contributed by atoms with Crippen LogP contribution in [0.4, 0.5) is 5.69 Å². The number of hydrogen-bond donors (Lipinski definition) is 3. The summed E-state index contributed by atoms with van der Waals surface area (Å²) >= 11 is 0. The molecule has 0 saturated heterocycles. The fourth-order valence-electron chi connectivity index (χ4n) is 2.97. The maximum absolute atomic E-state index is 12.0. The van der Waals surface area contributed by atoms with Gasteiger partial charge in [0.2, 0.25) is 11.8 Å². The van der Waals surface area contributed by atoms with Crippen molar-refractivity contribution in [2.45, 2.75) is 25.7 Å². The van der Waals surface area contributed by atoms with Crippen molar-refractivity contribution in [1.82, 2.24) is 15.3 Å². The Morgan fingerprint density at radius 1 is 1.07 bits per heavy atom. The topological polar surface area (TPSA) is 86.9 Å². The molecule has 0 radical (unpaired) electrons. The molecule has 3 aromatic rings. The van der Waals surface area contributed by atoms with Crippen molar-refractivity contribution in [3.8, 4) is 11.4 Å². The van der Waals surface area contributed by atoms with E-state index in [1.807, 2.05) is 48.5 Å². The molecule has 2 amide bonds. The number of nitrogens with zero attached hydrogens (tertiary/aromatic N) is 1. The van der Waals surface area contributed by atoms with E-state index in [1.54, 1.807) is 0 Å². The Hall–Kier alpha value is -3.15. The molecule has 1 aliphatic rings. The van der Waals surface area contributed by atoms with Gasteiger partial charge in [0.25, 0.3) is 0 Å². The van der Waals surface area contributed by atoms with Crippen molar-refractivity contribution in [1.29, 1.82) is 0 Å². The Kier molecular flexibility index (Phi) is 4.87. The predicted molar refractivity (Wildman–Crippen MR) is 105 cm³/mol. The Labute approximate surface area is 157 Å². The van der Waals surface area contributed by atoms with E-state index in [0.29, 0.717) is 19.4 Å². The zero-order valence-corrected chi connectivity index (χ0v) is 15.0. The van der Waals surface area contributed by atoms with Gasteiger partial charge in [0.05, 0.1) is 11.0 Å². The number of imidazole rings is 1. The van der Waals surface area contributed by atoms with Gasteiger partial charge >= 0.3 is 0 Å². The molecule has 138 valence electrons. The summed E-state index contributed by atoms with van der Waals surface area (Å²) in [4.78, 5) is 31.4. The largest absolute Gasteiger partial charge is 0.356 e. The van der Waals surface area contributed by atoms with Gasteiger partial charge in [-0.3, -0.25) is 9.59 Å². The summed E-state index contributed by atoms with van der Waals surface area (Å²) in [7, 11) is 0. The first-order valence-corrected chi connectivity index (χ1v) is 9.32. The van der Waals surface area contributed by atoms with Gasteiger partial charge in [-0.2, -0.15) is 0 Å². The Morgan fingerprint density at radius 2 is 1.85 bits per heavy atom. The van der Waals surface area contributed by atoms with E-state index in [-0.39, 0.29) is 17.7 Å². The second-order valence-corrected chi connectivity index (χ2v) is 6.90. The molecule has 6 heteroatoms. The molecule has 1 fully saturated rings. The summed E-state index contributed by atoms with van der Waals surface area (Å²) in [6, 6.07) is 15.5. The minimum Gasteiger partial charge on any atom is -0.356 e. The first kappa shape index (κ1) is 17.3. The zero-order chi connectivity index (χ0) is 18.6. The number of aromatic amines is 1. The average molecular weight is 362 g/mol. The van der Waals surface area contributed by atoms with Gasteiger partial charge in [-0.15, -0.1) is 0 Å². The SMILES string of the molecule is O=C(CCCNC(=O)C1CC1)Nc1ccc(-c2nc3ccccc3[nH]2)cc1. The molecule has 4 rings (SSSR count). The molecule has 6 nitrogen and oxygen atoms in total. The first-order chi connectivity index (χ1) is 13.2. The molecule has 1 saturated carbocycles. The number of hydrogen-bond acceptors (Lipinski definition) is 3. The Morgan fingerprint density at radius 3 is 2.59 bits per heavy atom. The highest BCUT2D eigenvalue weighted by Gasteiger charge is 2.28. The van der Waals surface area contributed by atoms with Crippen LogP contribution in [-0.4, -0.2) is 28.3 Å². The summed E-state index contributed by atoms with van der Waals surface area (Å²) in [5.74, 6) is 1.09. The van der Waals surface area contributed by atoms with Crippen LogP contribution >= 0.6 is 0 Å². The van der Waals surface area contributed by atoms with E-state index in [2.05, 4.69) is 20.6 Å². The summed E-state index contributed by atoms with van der Waals surface area (Å²) in [5.41, 5.74) is 3.64. The molecule has 0 spiro atoms. The third kappa shape index (κ3) is 4.34. The smallest absolute Gasteiger partial charge is 0.224 e. The molecule has 0 atom stereocenters. The van der Waals surface area contributed by atoms with Gasteiger partial charge in [-0.1, -0.05) is 12.1 Å². The van der Waals surface area contributed by atoms with Crippen molar-refractivity contribution >= 4 is 28.5 Å². The number of amides is 2. The lowest BCUT2D eigenvalue weighted by atomic mass is 10.2. The molecule has 0 unspecified atom stereocenters. The van der Waals surface area contributed by atoms with E-state index in [4.69, 9.17) is 0 Å². The van der Waals surface area contributed by atoms with E-state index in [0.717, 1.165) is 41.0 Å². The lowest BCUT2D eigenvalue weighted by Gasteiger charge is -2.07. The number of fused-ring (bicyclic) bond motifs is 1. The Balaban J connectivity index is 1.28. The molecule has 3 N–H and O–H groups in total. The van der Waals surface area contributed by atoms with Crippen LogP contribution in [0.25, 0.3) is 22.4 Å². The lowest BCUT2D eigenvalue weighted by Crippen LogP contribution is -2.26. The maximum atomic E-state index is 12.0. The highest BCUT2D eigenvalue weighted by molar-refractivity contribution is 5.91. The molecule has 0 bridgehead atoms. The fraction of sp³-hybridized carbons (Fsp3) is 0.286. The normalized spacial score (nSPS) is 13.5. The van der Waals surface area contributed by atoms with Gasteiger partial charge in [0.15, 0.2) is 0 Å². The number of nitrogens with one attached hydrogen (secondary N) is 3. The molecular formula is C21H22N4O2.